The van der Waals surface area contributed by atoms with Crippen molar-refractivity contribution in [1.82, 2.24) is 4.98 Å². The molecule has 0 unspecified atom stereocenters. The normalized spacial score (nSPS) is 13.4. The zero-order valence-corrected chi connectivity index (χ0v) is 42.4. The van der Waals surface area contributed by atoms with Gasteiger partial charge in [0.05, 0.1) is 0 Å². The molecule has 1 aliphatic rings. The van der Waals surface area contributed by atoms with Crippen molar-refractivity contribution < 1.29 is 22.4 Å². The maximum atomic E-state index is 5.36. The number of anilines is 2. The molecule has 0 aliphatic carbocycles. The smallest absolute Gasteiger partial charge is 0.129 e. The number of benzene rings is 7. The third-order valence-corrected chi connectivity index (χ3v) is 12.3. The summed E-state index contributed by atoms with van der Waals surface area (Å²) in [6.07, 6.45) is 0. The van der Waals surface area contributed by atoms with Gasteiger partial charge in [-0.05, 0) is 77.9 Å². The van der Waals surface area contributed by atoms with E-state index in [-0.39, 0.29) is 44.0 Å². The van der Waals surface area contributed by atoms with Gasteiger partial charge < -0.3 is 14.9 Å². The van der Waals surface area contributed by atoms with Crippen LogP contribution in [-0.4, -0.2) is 5.84 Å². The maximum absolute atomic E-state index is 5.36. The fraction of sp³-hybridized carbons (Fsp3) is 0.267. The molecule has 0 amide bonds. The molecule has 337 valence electrons. The minimum atomic E-state index is -0.000137. The fourth-order valence-corrected chi connectivity index (χ4v) is 8.30. The Labute approximate surface area is 404 Å². The van der Waals surface area contributed by atoms with Crippen LogP contribution in [0.1, 0.15) is 111 Å². The number of hydrogen-bond acceptors (Lipinski definition) is 3. The molecule has 0 atom stereocenters. The van der Waals surface area contributed by atoms with Crippen molar-refractivity contribution in [2.24, 2.45) is 5.10 Å². The molecular weight excluding hydrogens is 974 g/mol. The van der Waals surface area contributed by atoms with E-state index >= 15 is 0 Å². The van der Waals surface area contributed by atoms with Crippen LogP contribution >= 0.6 is 0 Å². The number of hydrazone groups is 1. The SMILES string of the molecule is CC(C)(C)c1cc(N2[CH-]N(c3c(-c4ccccc4)cccc3-c3ccccc3)N=C2c2ccccc2)cc(C(C)(C)C)c1.CC(C)(C)c1ccc2c(c1)[n-]c1cc(C(C)(C)C)ccc12.[Au]. The van der Waals surface area contributed by atoms with Crippen LogP contribution in [0.5, 0.6) is 0 Å². The summed E-state index contributed by atoms with van der Waals surface area (Å²) in [5.41, 5.74) is 15.7. The fourth-order valence-electron chi connectivity index (χ4n) is 8.30. The second-order valence-corrected chi connectivity index (χ2v) is 21.4. The topological polar surface area (TPSA) is 32.9 Å². The minimum Gasteiger partial charge on any atom is -0.657 e. The number of rotatable bonds is 5. The second-order valence-electron chi connectivity index (χ2n) is 21.4. The van der Waals surface area contributed by atoms with Crippen molar-refractivity contribution in [3.05, 3.63) is 198 Å². The number of aromatic nitrogens is 1. The van der Waals surface area contributed by atoms with Gasteiger partial charge in [-0.1, -0.05) is 235 Å². The standard InChI is InChI=1S/C40H40N3.C20H24N.Au/c1-39(2,3)32-25-33(40(4,5)6)27-34(26-32)42-28-43(41-38(42)31-21-14-9-15-22-31)37-35(29-17-10-7-11-18-29)23-16-24-36(37)30-19-12-8-13-20-30;1-19(2,3)13-7-9-15-16-10-8-14(20(4,5)6)12-18(16)21-17(15)11-13;/h7-28H,1-6H3;7-12H,1-6H3;/q2*-1;. The average Bonchev–Trinajstić information content (AvgIpc) is 3.88. The first-order chi connectivity index (χ1) is 30.3. The molecule has 0 N–H and O–H groups in total. The van der Waals surface area contributed by atoms with Crippen molar-refractivity contribution in [2.45, 2.75) is 105 Å². The summed E-state index contributed by atoms with van der Waals surface area (Å²) < 4.78 is 0. The molecule has 5 heteroatoms. The molecule has 1 aliphatic heterocycles. The molecule has 4 nitrogen and oxygen atoms in total. The van der Waals surface area contributed by atoms with E-state index in [2.05, 4.69) is 263 Å². The first-order valence-corrected chi connectivity index (χ1v) is 22.7. The van der Waals surface area contributed by atoms with E-state index in [9.17, 15) is 0 Å². The van der Waals surface area contributed by atoms with Crippen LogP contribution < -0.4 is 14.9 Å². The Morgan fingerprint density at radius 1 is 0.415 bits per heavy atom. The van der Waals surface area contributed by atoms with Crippen LogP contribution in [0.3, 0.4) is 0 Å². The molecule has 8 aromatic rings. The Morgan fingerprint density at radius 2 is 0.815 bits per heavy atom. The molecular formula is C60H64AuN4-2. The molecule has 0 bridgehead atoms. The third-order valence-electron chi connectivity index (χ3n) is 12.3. The van der Waals surface area contributed by atoms with Gasteiger partial charge >= 0.3 is 0 Å². The van der Waals surface area contributed by atoms with Crippen molar-refractivity contribution in [3.63, 3.8) is 0 Å². The van der Waals surface area contributed by atoms with Gasteiger partial charge in [0.1, 0.15) is 5.84 Å². The number of nitrogens with zero attached hydrogens (tertiary/aromatic N) is 4. The van der Waals surface area contributed by atoms with E-state index in [0.29, 0.717) is 0 Å². The first kappa shape index (κ1) is 47.3. The monoisotopic (exact) mass is 1040 g/mol. The van der Waals surface area contributed by atoms with E-state index in [4.69, 9.17) is 10.1 Å². The second kappa shape index (κ2) is 18.3. The van der Waals surface area contributed by atoms with Crippen LogP contribution in [0.15, 0.2) is 169 Å². The van der Waals surface area contributed by atoms with Gasteiger partial charge in [-0.3, -0.25) is 0 Å². The molecule has 7 aromatic carbocycles. The first-order valence-electron chi connectivity index (χ1n) is 22.7. The quantitative estimate of drug-likeness (QED) is 0.127. The van der Waals surface area contributed by atoms with Gasteiger partial charge in [0.25, 0.3) is 0 Å². The Bertz CT molecular complexity index is 2780. The zero-order chi connectivity index (χ0) is 45.6. The summed E-state index contributed by atoms with van der Waals surface area (Å²) in [7, 11) is 0. The van der Waals surface area contributed by atoms with E-state index in [0.717, 1.165) is 56.1 Å². The Kier molecular flexibility index (Phi) is 13.3. The van der Waals surface area contributed by atoms with Crippen molar-refractivity contribution in [3.8, 4) is 22.3 Å². The van der Waals surface area contributed by atoms with Gasteiger partial charge in [0, 0.05) is 50.4 Å². The van der Waals surface area contributed by atoms with Crippen LogP contribution in [0.4, 0.5) is 11.4 Å². The zero-order valence-electron chi connectivity index (χ0n) is 40.3. The Balaban J connectivity index is 0.000000240. The van der Waals surface area contributed by atoms with E-state index in [1.807, 2.05) is 0 Å². The van der Waals surface area contributed by atoms with E-state index in [1.54, 1.807) is 0 Å². The molecule has 1 radical (unpaired) electrons. The summed E-state index contributed by atoms with van der Waals surface area (Å²) in [5.74, 6) is 0.897. The average molecular weight is 1040 g/mol. The molecule has 0 saturated carbocycles. The minimum absolute atomic E-state index is 0. The number of hydrogen-bond donors (Lipinski definition) is 0. The van der Waals surface area contributed by atoms with Gasteiger partial charge in [0.2, 0.25) is 0 Å². The van der Waals surface area contributed by atoms with Gasteiger partial charge in [-0.15, -0.1) is 17.7 Å². The summed E-state index contributed by atoms with van der Waals surface area (Å²) >= 11 is 0. The van der Waals surface area contributed by atoms with Crippen LogP contribution in [-0.2, 0) is 44.0 Å². The predicted octanol–water partition coefficient (Wildman–Crippen LogP) is 16.0. The van der Waals surface area contributed by atoms with Crippen LogP contribution in [0.2, 0.25) is 0 Å². The van der Waals surface area contributed by atoms with Gasteiger partial charge in [0.15, 0.2) is 0 Å². The van der Waals surface area contributed by atoms with Gasteiger partial charge in [-0.2, -0.15) is 5.10 Å². The Morgan fingerprint density at radius 3 is 1.22 bits per heavy atom. The van der Waals surface area contributed by atoms with Crippen molar-refractivity contribution in [1.29, 1.82) is 0 Å². The molecule has 2 heterocycles. The number of fused-ring (bicyclic) bond motifs is 3. The summed E-state index contributed by atoms with van der Waals surface area (Å²) in [6.45, 7) is 29.3. The van der Waals surface area contributed by atoms with Crippen molar-refractivity contribution >= 4 is 39.0 Å². The number of amidine groups is 1. The largest absolute Gasteiger partial charge is 0.657 e. The summed E-state index contributed by atoms with van der Waals surface area (Å²) in [4.78, 5) is 7.12. The van der Waals surface area contributed by atoms with Gasteiger partial charge in [-0.25, -0.2) is 0 Å². The summed E-state index contributed by atoms with van der Waals surface area (Å²) in [5, 5.41) is 9.96. The third kappa shape index (κ3) is 10.3. The number of para-hydroxylation sites is 1. The van der Waals surface area contributed by atoms with E-state index < -0.39 is 0 Å². The maximum Gasteiger partial charge on any atom is 0.129 e. The van der Waals surface area contributed by atoms with E-state index in [1.165, 1.54) is 33.0 Å². The van der Waals surface area contributed by atoms with Crippen LogP contribution in [0.25, 0.3) is 44.1 Å². The molecule has 0 fully saturated rings. The van der Waals surface area contributed by atoms with Crippen molar-refractivity contribution in [2.75, 3.05) is 9.91 Å². The molecule has 0 spiro atoms. The van der Waals surface area contributed by atoms with Crippen LogP contribution in [0, 0.1) is 6.67 Å². The molecule has 9 rings (SSSR count). The molecule has 0 saturated heterocycles. The predicted molar refractivity (Wildman–Crippen MR) is 276 cm³/mol. The molecule has 1 aromatic heterocycles. The Hall–Kier alpha value is -5.65. The summed E-state index contributed by atoms with van der Waals surface area (Å²) in [6, 6.07) is 58.7. The molecule has 65 heavy (non-hydrogen) atoms.